The van der Waals surface area contributed by atoms with Gasteiger partial charge in [-0.1, -0.05) is 6.08 Å². The highest BCUT2D eigenvalue weighted by Crippen LogP contribution is 2.35. The lowest BCUT2D eigenvalue weighted by atomic mass is 10.1. The second-order valence-corrected chi connectivity index (χ2v) is 7.35. The minimum Gasteiger partial charge on any atom is -0.301 e. The van der Waals surface area contributed by atoms with E-state index in [9.17, 15) is 14.9 Å². The van der Waals surface area contributed by atoms with E-state index in [2.05, 4.69) is 10.4 Å². The van der Waals surface area contributed by atoms with Crippen molar-refractivity contribution < 1.29 is 0 Å². The van der Waals surface area contributed by atoms with Crippen LogP contribution in [-0.4, -0.2) is 13.5 Å². The van der Waals surface area contributed by atoms with Crippen LogP contribution in [0.5, 0.6) is 0 Å². The molecule has 1 aliphatic carbocycles. The average molecular weight is 364 g/mol. The molecule has 0 radical (unpaired) electrons. The molecule has 0 N–H and O–H groups in total. The Morgan fingerprint density at radius 3 is 2.81 bits per heavy atom. The number of hydrogen-bond acceptors (Lipinski definition) is 5. The molecule has 1 aromatic carbocycles. The van der Waals surface area contributed by atoms with E-state index in [1.54, 1.807) is 26.1 Å². The van der Waals surface area contributed by atoms with Crippen LogP contribution in [0, 0.1) is 24.2 Å². The normalized spacial score (nSPS) is 14.6. The number of benzene rings is 1. The molecule has 0 aliphatic heterocycles. The number of rotatable bonds is 3. The zero-order valence-electron chi connectivity index (χ0n) is 14.4. The zero-order chi connectivity index (χ0) is 18.4. The van der Waals surface area contributed by atoms with Crippen molar-refractivity contribution in [3.05, 3.63) is 62.6 Å². The van der Waals surface area contributed by atoms with Crippen molar-refractivity contribution in [3.8, 4) is 11.8 Å². The summed E-state index contributed by atoms with van der Waals surface area (Å²) in [7, 11) is 1.63. The third-order valence-corrected chi connectivity index (χ3v) is 5.50. The van der Waals surface area contributed by atoms with E-state index in [1.807, 2.05) is 12.1 Å². The molecule has 0 spiro atoms. The molecule has 1 aliphatic rings. The number of nitriles is 1. The molecule has 130 valence electrons. The predicted molar refractivity (Wildman–Crippen MR) is 102 cm³/mol. The number of aromatic nitrogens is 3. The minimum atomic E-state index is -0.395. The van der Waals surface area contributed by atoms with Crippen LogP contribution in [0.25, 0.3) is 21.3 Å². The number of allylic oxidation sites excluding steroid dienone is 2. The Balaban J connectivity index is 1.94. The van der Waals surface area contributed by atoms with Gasteiger partial charge in [-0.15, -0.1) is 0 Å². The monoisotopic (exact) mass is 364 g/mol. The molecule has 26 heavy (non-hydrogen) atoms. The van der Waals surface area contributed by atoms with Gasteiger partial charge in [-0.3, -0.25) is 4.79 Å². The second-order valence-electron chi connectivity index (χ2n) is 6.54. The summed E-state index contributed by atoms with van der Waals surface area (Å²) >= 11 is 1.31. The van der Waals surface area contributed by atoms with E-state index >= 15 is 0 Å². The van der Waals surface area contributed by atoms with Crippen molar-refractivity contribution in [3.63, 3.8) is 0 Å². The quantitative estimate of drug-likeness (QED) is 0.669. The van der Waals surface area contributed by atoms with Crippen molar-refractivity contribution in [1.82, 2.24) is 13.5 Å². The topological polar surface area (TPSA) is 80.7 Å². The minimum absolute atomic E-state index is 0.372. The van der Waals surface area contributed by atoms with Crippen molar-refractivity contribution in [1.29, 1.82) is 5.26 Å². The summed E-state index contributed by atoms with van der Waals surface area (Å²) in [5.74, 6) is 0.455. The number of aryl methyl sites for hydroxylation is 1. The average Bonchev–Trinajstić information content (AvgIpc) is 3.35. The molecule has 2 aromatic heterocycles. The first-order valence-electron chi connectivity index (χ1n) is 8.31. The number of fused-ring (bicyclic) bond motifs is 1. The molecule has 7 heteroatoms. The summed E-state index contributed by atoms with van der Waals surface area (Å²) in [5.41, 5.74) is 1.50. The first-order valence-corrected chi connectivity index (χ1v) is 9.08. The maximum atomic E-state index is 12.6. The van der Waals surface area contributed by atoms with Gasteiger partial charge < -0.3 is 4.57 Å². The van der Waals surface area contributed by atoms with Gasteiger partial charge in [0.1, 0.15) is 11.8 Å². The van der Waals surface area contributed by atoms with Crippen LogP contribution < -0.4 is 11.2 Å². The Bertz CT molecular complexity index is 1220. The Morgan fingerprint density at radius 2 is 2.12 bits per heavy atom. The fraction of sp³-hybridized carbons (Fsp3) is 0.263. The Morgan fingerprint density at radius 1 is 1.35 bits per heavy atom. The van der Waals surface area contributed by atoms with Gasteiger partial charge in [0, 0.05) is 24.2 Å². The van der Waals surface area contributed by atoms with E-state index in [4.69, 9.17) is 0 Å². The molecule has 6 nitrogen and oxygen atoms in total. The Kier molecular flexibility index (Phi) is 3.85. The smallest absolute Gasteiger partial charge is 0.301 e. The standard InChI is InChI=1S/C19H16N4O2S/c1-11-7-17(24)23(19(25)22(11)2)14-5-6-16-15(9-14)18(21-26-16)13(10-20)8-12-3-4-12/h5-9,12H,3-4H2,1-2H3/b13-8+. The number of nitrogens with zero attached hydrogens (tertiary/aromatic N) is 4. The van der Waals surface area contributed by atoms with Gasteiger partial charge >= 0.3 is 5.69 Å². The summed E-state index contributed by atoms with van der Waals surface area (Å²) in [6, 6.07) is 9.01. The van der Waals surface area contributed by atoms with Crippen LogP contribution in [0.2, 0.25) is 0 Å². The van der Waals surface area contributed by atoms with Gasteiger partial charge in [0.2, 0.25) is 0 Å². The van der Waals surface area contributed by atoms with Crippen LogP contribution in [-0.2, 0) is 7.05 Å². The lowest BCUT2D eigenvalue weighted by Gasteiger charge is -2.09. The SMILES string of the molecule is Cc1cc(=O)n(-c2ccc3snc(/C(C#N)=C/C4CC4)c3c2)c(=O)n1C. The van der Waals surface area contributed by atoms with E-state index < -0.39 is 5.69 Å². The largest absolute Gasteiger partial charge is 0.335 e. The summed E-state index contributed by atoms with van der Waals surface area (Å²) in [6.45, 7) is 1.72. The summed E-state index contributed by atoms with van der Waals surface area (Å²) in [4.78, 5) is 25.0. The van der Waals surface area contributed by atoms with E-state index in [0.29, 0.717) is 28.6 Å². The van der Waals surface area contributed by atoms with Crippen LogP contribution in [0.3, 0.4) is 0 Å². The van der Waals surface area contributed by atoms with Crippen molar-refractivity contribution >= 4 is 27.2 Å². The molecule has 0 saturated heterocycles. The molecule has 0 unspecified atom stereocenters. The molecular formula is C19H16N4O2S. The van der Waals surface area contributed by atoms with Crippen molar-refractivity contribution in [2.24, 2.45) is 13.0 Å². The fourth-order valence-corrected chi connectivity index (χ4v) is 3.67. The van der Waals surface area contributed by atoms with Gasteiger partial charge in [-0.2, -0.15) is 9.64 Å². The third kappa shape index (κ3) is 2.68. The van der Waals surface area contributed by atoms with Gasteiger partial charge in [-0.05, 0) is 55.4 Å². The highest BCUT2D eigenvalue weighted by molar-refractivity contribution is 7.13. The first-order chi connectivity index (χ1) is 12.5. The highest BCUT2D eigenvalue weighted by atomic mass is 32.1. The lowest BCUT2D eigenvalue weighted by molar-refractivity contribution is 0.714. The molecule has 0 amide bonds. The molecule has 0 atom stereocenters. The third-order valence-electron chi connectivity index (χ3n) is 4.67. The first kappa shape index (κ1) is 16.5. The molecule has 4 rings (SSSR count). The molecule has 2 heterocycles. The summed E-state index contributed by atoms with van der Waals surface area (Å²) in [5, 5.41) is 10.3. The van der Waals surface area contributed by atoms with E-state index in [0.717, 1.165) is 27.5 Å². The maximum absolute atomic E-state index is 12.6. The summed E-state index contributed by atoms with van der Waals surface area (Å²) in [6.07, 6.45) is 4.18. The van der Waals surface area contributed by atoms with Gasteiger partial charge in [0.05, 0.1) is 16.0 Å². The summed E-state index contributed by atoms with van der Waals surface area (Å²) < 4.78 is 7.93. The molecule has 1 fully saturated rings. The molecule has 3 aromatic rings. The second kappa shape index (κ2) is 6.07. The zero-order valence-corrected chi connectivity index (χ0v) is 15.2. The van der Waals surface area contributed by atoms with Crippen molar-refractivity contribution in [2.75, 3.05) is 0 Å². The highest BCUT2D eigenvalue weighted by Gasteiger charge is 2.21. The molecule has 0 bridgehead atoms. The fourth-order valence-electron chi connectivity index (χ4n) is 2.90. The van der Waals surface area contributed by atoms with Gasteiger partial charge in [-0.25, -0.2) is 9.36 Å². The van der Waals surface area contributed by atoms with E-state index in [1.165, 1.54) is 22.2 Å². The van der Waals surface area contributed by atoms with Crippen LogP contribution >= 0.6 is 11.5 Å². The van der Waals surface area contributed by atoms with Crippen LogP contribution in [0.4, 0.5) is 0 Å². The van der Waals surface area contributed by atoms with Gasteiger partial charge in [0.25, 0.3) is 5.56 Å². The van der Waals surface area contributed by atoms with Gasteiger partial charge in [0.15, 0.2) is 0 Å². The lowest BCUT2D eigenvalue weighted by Crippen LogP contribution is -2.38. The maximum Gasteiger partial charge on any atom is 0.335 e. The molecule has 1 saturated carbocycles. The predicted octanol–water partition coefficient (Wildman–Crippen LogP) is 2.77. The van der Waals surface area contributed by atoms with Crippen LogP contribution in [0.1, 0.15) is 24.2 Å². The Hall–Kier alpha value is -2.98. The molecular weight excluding hydrogens is 348 g/mol. The number of hydrogen-bond donors (Lipinski definition) is 0. The Labute approximate surface area is 153 Å². The van der Waals surface area contributed by atoms with E-state index in [-0.39, 0.29) is 5.56 Å². The van der Waals surface area contributed by atoms with Crippen LogP contribution in [0.15, 0.2) is 39.9 Å². The van der Waals surface area contributed by atoms with Crippen molar-refractivity contribution in [2.45, 2.75) is 19.8 Å².